The molecule has 1 atom stereocenters. The van der Waals surface area contributed by atoms with Gasteiger partial charge in [-0.2, -0.15) is 13.2 Å². The Kier molecular flexibility index (Phi) is 6.78. The maximum atomic E-state index is 12.3. The zero-order chi connectivity index (χ0) is 18.3. The summed E-state index contributed by atoms with van der Waals surface area (Å²) in [6, 6.07) is 7.92. The molecule has 1 heterocycles. The Morgan fingerprint density at radius 2 is 2.12 bits per heavy atom. The molecule has 1 aliphatic heterocycles. The Morgan fingerprint density at radius 3 is 2.80 bits per heavy atom. The van der Waals surface area contributed by atoms with Gasteiger partial charge < -0.3 is 20.3 Å². The van der Waals surface area contributed by atoms with Crippen LogP contribution in [0.5, 0.6) is 5.75 Å². The van der Waals surface area contributed by atoms with E-state index in [0.717, 1.165) is 30.9 Å². The molecular weight excluding hydrogens is 333 g/mol. The largest absolute Gasteiger partial charge is 0.495 e. The predicted octanol–water partition coefficient (Wildman–Crippen LogP) is 2.78. The third-order valence-electron chi connectivity index (χ3n) is 3.96. The van der Waals surface area contributed by atoms with Crippen LogP contribution in [-0.4, -0.2) is 51.5 Å². The molecule has 1 aromatic carbocycles. The van der Waals surface area contributed by atoms with E-state index in [1.165, 1.54) is 0 Å². The minimum atomic E-state index is -4.19. The highest BCUT2D eigenvalue weighted by molar-refractivity contribution is 5.80. The van der Waals surface area contributed by atoms with E-state index in [-0.39, 0.29) is 12.6 Å². The van der Waals surface area contributed by atoms with Crippen LogP contribution in [0.4, 0.5) is 18.9 Å². The molecule has 0 aromatic heterocycles. The van der Waals surface area contributed by atoms with Crippen LogP contribution in [-0.2, 0) is 0 Å². The molecule has 1 aromatic rings. The van der Waals surface area contributed by atoms with E-state index in [9.17, 15) is 13.2 Å². The van der Waals surface area contributed by atoms with Crippen molar-refractivity contribution in [1.29, 1.82) is 0 Å². The van der Waals surface area contributed by atoms with Gasteiger partial charge in [0.05, 0.1) is 25.8 Å². The van der Waals surface area contributed by atoms with Gasteiger partial charge in [-0.1, -0.05) is 12.1 Å². The first-order valence-electron chi connectivity index (χ1n) is 8.42. The SMILES string of the molecule is CCNC(=NCCC(F)(F)F)NC1CCN(c2ccccc2OC)C1. The van der Waals surface area contributed by atoms with E-state index in [1.807, 2.05) is 31.2 Å². The summed E-state index contributed by atoms with van der Waals surface area (Å²) in [7, 11) is 1.64. The van der Waals surface area contributed by atoms with Crippen molar-refractivity contribution in [2.45, 2.75) is 32.0 Å². The summed E-state index contributed by atoms with van der Waals surface area (Å²) in [5, 5.41) is 6.23. The summed E-state index contributed by atoms with van der Waals surface area (Å²) in [4.78, 5) is 6.23. The Hall–Kier alpha value is -2.12. The molecule has 1 saturated heterocycles. The lowest BCUT2D eigenvalue weighted by Crippen LogP contribution is -2.44. The summed E-state index contributed by atoms with van der Waals surface area (Å²) in [5.74, 6) is 1.24. The van der Waals surface area contributed by atoms with Crippen LogP contribution in [0.3, 0.4) is 0 Å². The van der Waals surface area contributed by atoms with Crippen LogP contribution >= 0.6 is 0 Å². The molecule has 8 heteroatoms. The first kappa shape index (κ1) is 19.2. The van der Waals surface area contributed by atoms with E-state index in [1.54, 1.807) is 7.11 Å². The summed E-state index contributed by atoms with van der Waals surface area (Å²) >= 11 is 0. The number of para-hydroxylation sites is 2. The quantitative estimate of drug-likeness (QED) is 0.606. The van der Waals surface area contributed by atoms with E-state index in [0.29, 0.717) is 12.5 Å². The molecule has 25 heavy (non-hydrogen) atoms. The van der Waals surface area contributed by atoms with E-state index in [2.05, 4.69) is 20.5 Å². The molecule has 0 radical (unpaired) electrons. The number of guanidine groups is 1. The highest BCUT2D eigenvalue weighted by atomic mass is 19.4. The molecular formula is C17H25F3N4O. The molecule has 0 saturated carbocycles. The molecule has 2 rings (SSSR count). The van der Waals surface area contributed by atoms with E-state index < -0.39 is 12.6 Å². The highest BCUT2D eigenvalue weighted by Crippen LogP contribution is 2.30. The summed E-state index contributed by atoms with van der Waals surface area (Å²) in [5.41, 5.74) is 1.02. The molecule has 0 bridgehead atoms. The molecule has 5 nitrogen and oxygen atoms in total. The van der Waals surface area contributed by atoms with Gasteiger partial charge in [-0.05, 0) is 25.5 Å². The Morgan fingerprint density at radius 1 is 1.36 bits per heavy atom. The number of halogens is 3. The number of aliphatic imine (C=N–C) groups is 1. The van der Waals surface area contributed by atoms with Crippen molar-refractivity contribution >= 4 is 11.6 Å². The maximum absolute atomic E-state index is 12.3. The molecule has 1 aliphatic rings. The van der Waals surface area contributed by atoms with E-state index >= 15 is 0 Å². The molecule has 0 aliphatic carbocycles. The fourth-order valence-corrected chi connectivity index (χ4v) is 2.80. The summed E-state index contributed by atoms with van der Waals surface area (Å²) in [6.07, 6.45) is -4.22. The summed E-state index contributed by atoms with van der Waals surface area (Å²) in [6.45, 7) is 3.80. The van der Waals surface area contributed by atoms with Crippen molar-refractivity contribution in [3.63, 3.8) is 0 Å². The van der Waals surface area contributed by atoms with Crippen molar-refractivity contribution in [2.75, 3.05) is 38.2 Å². The second-order valence-electron chi connectivity index (χ2n) is 5.87. The molecule has 0 spiro atoms. The predicted molar refractivity (Wildman–Crippen MR) is 93.4 cm³/mol. The topological polar surface area (TPSA) is 48.9 Å². The number of hydrogen-bond acceptors (Lipinski definition) is 3. The Bertz CT molecular complexity index is 577. The fraction of sp³-hybridized carbons (Fsp3) is 0.588. The van der Waals surface area contributed by atoms with Crippen molar-refractivity contribution in [3.05, 3.63) is 24.3 Å². The molecule has 2 N–H and O–H groups in total. The van der Waals surface area contributed by atoms with Crippen molar-refractivity contribution < 1.29 is 17.9 Å². The standard InChI is InChI=1S/C17H25F3N4O/c1-3-21-16(22-10-9-17(18,19)20)23-13-8-11-24(12-13)14-6-4-5-7-15(14)25-2/h4-7,13H,3,8-12H2,1-2H3,(H2,21,22,23). The first-order chi connectivity index (χ1) is 11.9. The van der Waals surface area contributed by atoms with Gasteiger partial charge in [-0.3, -0.25) is 4.99 Å². The number of nitrogens with zero attached hydrogens (tertiary/aromatic N) is 2. The minimum absolute atomic E-state index is 0.119. The number of ether oxygens (including phenoxy) is 1. The number of alkyl halides is 3. The van der Waals surface area contributed by atoms with Gasteiger partial charge in [0.1, 0.15) is 5.75 Å². The number of nitrogens with one attached hydrogen (secondary N) is 2. The van der Waals surface area contributed by atoms with Gasteiger partial charge in [0, 0.05) is 25.7 Å². The molecule has 1 fully saturated rings. The zero-order valence-corrected chi connectivity index (χ0v) is 14.6. The van der Waals surface area contributed by atoms with Crippen LogP contribution in [0.1, 0.15) is 19.8 Å². The van der Waals surface area contributed by atoms with Crippen LogP contribution in [0.2, 0.25) is 0 Å². The van der Waals surface area contributed by atoms with Gasteiger partial charge in [0.15, 0.2) is 5.96 Å². The van der Waals surface area contributed by atoms with E-state index in [4.69, 9.17) is 4.74 Å². The van der Waals surface area contributed by atoms with Gasteiger partial charge in [-0.25, -0.2) is 0 Å². The van der Waals surface area contributed by atoms with Gasteiger partial charge >= 0.3 is 6.18 Å². The fourth-order valence-electron chi connectivity index (χ4n) is 2.80. The third kappa shape index (κ3) is 6.03. The van der Waals surface area contributed by atoms with Gasteiger partial charge in [-0.15, -0.1) is 0 Å². The van der Waals surface area contributed by atoms with Gasteiger partial charge in [0.2, 0.25) is 0 Å². The number of benzene rings is 1. The molecule has 1 unspecified atom stereocenters. The van der Waals surface area contributed by atoms with Crippen LogP contribution in [0.15, 0.2) is 29.3 Å². The second-order valence-corrected chi connectivity index (χ2v) is 5.87. The van der Waals surface area contributed by atoms with Crippen LogP contribution in [0.25, 0.3) is 0 Å². The van der Waals surface area contributed by atoms with Crippen LogP contribution in [0, 0.1) is 0 Å². The first-order valence-corrected chi connectivity index (χ1v) is 8.42. The number of methoxy groups -OCH3 is 1. The van der Waals surface area contributed by atoms with Crippen molar-refractivity contribution in [2.24, 2.45) is 4.99 Å². The lowest BCUT2D eigenvalue weighted by Gasteiger charge is -2.22. The average Bonchev–Trinajstić information content (AvgIpc) is 3.02. The Balaban J connectivity index is 1.94. The second kappa shape index (κ2) is 8.82. The number of anilines is 1. The highest BCUT2D eigenvalue weighted by Gasteiger charge is 2.27. The van der Waals surface area contributed by atoms with Crippen LogP contribution < -0.4 is 20.3 Å². The number of hydrogen-bond donors (Lipinski definition) is 2. The monoisotopic (exact) mass is 358 g/mol. The summed E-state index contributed by atoms with van der Waals surface area (Å²) < 4.78 is 42.2. The molecule has 0 amide bonds. The average molecular weight is 358 g/mol. The number of rotatable bonds is 6. The third-order valence-corrected chi connectivity index (χ3v) is 3.96. The Labute approximate surface area is 146 Å². The zero-order valence-electron chi connectivity index (χ0n) is 14.6. The minimum Gasteiger partial charge on any atom is -0.495 e. The van der Waals surface area contributed by atoms with Crippen molar-refractivity contribution in [3.8, 4) is 5.75 Å². The van der Waals surface area contributed by atoms with Crippen molar-refractivity contribution in [1.82, 2.24) is 10.6 Å². The smallest absolute Gasteiger partial charge is 0.390 e. The lowest BCUT2D eigenvalue weighted by molar-refractivity contribution is -0.132. The normalized spacial score (nSPS) is 18.4. The van der Waals surface area contributed by atoms with Gasteiger partial charge in [0.25, 0.3) is 0 Å². The maximum Gasteiger partial charge on any atom is 0.390 e. The lowest BCUT2D eigenvalue weighted by atomic mass is 10.2. The molecule has 140 valence electrons.